The predicted octanol–water partition coefficient (Wildman–Crippen LogP) is 17.3. The lowest BCUT2D eigenvalue weighted by Crippen LogP contribution is -1.89. The lowest BCUT2D eigenvalue weighted by Gasteiger charge is -2.13. The zero-order chi connectivity index (χ0) is 49.9. The van der Waals surface area contributed by atoms with Gasteiger partial charge in [-0.25, -0.2) is 4.98 Å². The molecular formula is C62H44N2O. The standard InChI is InChI=1S/C62H44N2O/c1-4-43-36-39-49-40-41-56(64-61(49)60(43)63-3)48-25-8-6-5-7-21-44(37-38-48)42(2)20-9-16-35-57-58(53-32-17-26-45-22-10-13-29-50(45)53)59(54-33-18-27-46-23-11-14-30-51(46)54)62(65-57)55-34-19-28-47-24-12-15-31-52(47)55/h4-41H,1-3H2/b6-5?,7-5?,8-6?,20-9-,21-7?,25-8?,35-16+,38-37?,44-21?,44-37?,48-25?,48-38?/i1D,3D,4D,36D,39D,40D,41D/b4-1?,6-5?,7-5?,8-6?,20-9-,21-7?,25-8?,35-16+,38-37?,44-21?,44-37?,48-25?,48-38?,63-3?. The molecule has 0 spiro atoms. The number of rotatable bonds is 10. The summed E-state index contributed by atoms with van der Waals surface area (Å²) in [7, 11) is 0. The highest BCUT2D eigenvalue weighted by Crippen LogP contribution is 2.49. The molecule has 0 bridgehead atoms. The molecule has 3 nitrogen and oxygen atoms in total. The summed E-state index contributed by atoms with van der Waals surface area (Å²) in [6.45, 7) is 5.89. The van der Waals surface area contributed by atoms with E-state index in [-0.39, 0.29) is 39.9 Å². The van der Waals surface area contributed by atoms with Gasteiger partial charge in [0.2, 0.25) is 0 Å². The van der Waals surface area contributed by atoms with Crippen LogP contribution in [-0.4, -0.2) is 11.7 Å². The highest BCUT2D eigenvalue weighted by molar-refractivity contribution is 6.12. The quantitative estimate of drug-likeness (QED) is 0.102. The molecule has 2 heterocycles. The molecule has 3 heteroatoms. The molecule has 0 N–H and O–H groups in total. The number of fused-ring (bicyclic) bond motifs is 4. The van der Waals surface area contributed by atoms with Crippen LogP contribution in [0.1, 0.15) is 26.5 Å². The SMILES string of the molecule is [2H]C=Nc1c(C([2H])=C[2H])c([2H])c([2H])c2c([2H])c([2H])c(-c3ccccccc(C(=C)/C=C\C=C\c4oc(-c5cccc6ccccc56)c(-c5cccc6ccccc56)c4-c4cccc5ccccc45)cc3)nc12. The molecule has 0 saturated carbocycles. The van der Waals surface area contributed by atoms with Gasteiger partial charge in [-0.05, 0) is 73.4 Å². The van der Waals surface area contributed by atoms with Gasteiger partial charge in [-0.3, -0.25) is 4.99 Å². The Balaban J connectivity index is 1.10. The number of allylic oxidation sites excluding steroid dienone is 4. The summed E-state index contributed by atoms with van der Waals surface area (Å²) >= 11 is 0. The summed E-state index contributed by atoms with van der Waals surface area (Å²) in [5.41, 5.74) is 6.77. The predicted molar refractivity (Wildman–Crippen MR) is 279 cm³/mol. The second-order valence-corrected chi connectivity index (χ2v) is 15.4. The molecule has 0 aliphatic heterocycles. The van der Waals surface area contributed by atoms with Crippen molar-refractivity contribution in [2.75, 3.05) is 0 Å². The highest BCUT2D eigenvalue weighted by atomic mass is 16.3. The summed E-state index contributed by atoms with van der Waals surface area (Å²) < 4.78 is 66.3. The molecule has 2 aromatic heterocycles. The summed E-state index contributed by atoms with van der Waals surface area (Å²) in [5.74, 6) is 1.45. The first-order valence-corrected chi connectivity index (χ1v) is 21.2. The van der Waals surface area contributed by atoms with Crippen molar-refractivity contribution in [3.8, 4) is 44.8 Å². The summed E-state index contributed by atoms with van der Waals surface area (Å²) in [6, 6.07) is 57.2. The zero-order valence-electron chi connectivity index (χ0n) is 42.2. The van der Waals surface area contributed by atoms with Crippen LogP contribution in [0.2, 0.25) is 0 Å². The number of aliphatic imine (C=N–C) groups is 1. The number of aromatic nitrogens is 1. The van der Waals surface area contributed by atoms with E-state index in [2.05, 4.69) is 139 Å². The van der Waals surface area contributed by atoms with Gasteiger partial charge in [0, 0.05) is 33.2 Å². The molecule has 8 aromatic carbocycles. The minimum absolute atomic E-state index is 0.0177. The molecule has 0 saturated heterocycles. The zero-order valence-corrected chi connectivity index (χ0v) is 35.2. The minimum Gasteiger partial charge on any atom is -0.455 e. The number of furan rings is 1. The number of nitrogens with zero attached hydrogens (tertiary/aromatic N) is 2. The van der Waals surface area contributed by atoms with Crippen molar-refractivity contribution in [3.63, 3.8) is 0 Å². The Labute approximate surface area is 389 Å². The van der Waals surface area contributed by atoms with Crippen LogP contribution < -0.4 is 0 Å². The van der Waals surface area contributed by atoms with E-state index in [4.69, 9.17) is 19.0 Å². The van der Waals surface area contributed by atoms with Gasteiger partial charge in [0.05, 0.1) is 26.5 Å². The maximum Gasteiger partial charge on any atom is 0.143 e. The molecule has 0 unspecified atom stereocenters. The minimum atomic E-state index is -0.437. The van der Waals surface area contributed by atoms with Crippen molar-refractivity contribution in [2.45, 2.75) is 0 Å². The van der Waals surface area contributed by atoms with Gasteiger partial charge in [-0.2, -0.15) is 0 Å². The van der Waals surface area contributed by atoms with Crippen molar-refractivity contribution >= 4 is 73.3 Å². The Kier molecular flexibility index (Phi) is 9.12. The summed E-state index contributed by atoms with van der Waals surface area (Å²) in [4.78, 5) is 8.83. The molecule has 0 aliphatic carbocycles. The number of hydrogen-bond acceptors (Lipinski definition) is 3. The Morgan fingerprint density at radius 2 is 1.18 bits per heavy atom. The maximum absolute atomic E-state index is 9.04. The van der Waals surface area contributed by atoms with Crippen molar-refractivity contribution in [1.82, 2.24) is 4.98 Å². The molecule has 0 amide bonds. The van der Waals surface area contributed by atoms with E-state index >= 15 is 0 Å². The van der Waals surface area contributed by atoms with E-state index in [9.17, 15) is 0 Å². The number of benzene rings is 7. The average Bonchev–Trinajstić information content (AvgIpc) is 3.79. The summed E-state index contributed by atoms with van der Waals surface area (Å²) in [5, 5.41) is 6.55. The Hall–Kier alpha value is -8.66. The highest BCUT2D eigenvalue weighted by Gasteiger charge is 2.26. The van der Waals surface area contributed by atoms with E-state index < -0.39 is 18.1 Å². The molecule has 65 heavy (non-hydrogen) atoms. The Bertz CT molecular complexity index is 3980. The van der Waals surface area contributed by atoms with Crippen molar-refractivity contribution < 1.29 is 14.0 Å². The third-order valence-electron chi connectivity index (χ3n) is 11.5. The van der Waals surface area contributed by atoms with Crippen molar-refractivity contribution in [1.29, 1.82) is 0 Å². The first-order valence-electron chi connectivity index (χ1n) is 24.8. The molecule has 0 radical (unpaired) electrons. The summed E-state index contributed by atoms with van der Waals surface area (Å²) in [6.07, 6.45) is 7.80. The van der Waals surface area contributed by atoms with Crippen molar-refractivity contribution in [2.24, 2.45) is 4.99 Å². The van der Waals surface area contributed by atoms with Gasteiger partial charge in [0.15, 0.2) is 0 Å². The number of hydrogen-bond donors (Lipinski definition) is 0. The monoisotopic (exact) mass is 839 g/mol. The Morgan fingerprint density at radius 1 is 0.585 bits per heavy atom. The fraction of sp³-hybridized carbons (Fsp3) is 0. The van der Waals surface area contributed by atoms with Crippen LogP contribution >= 0.6 is 0 Å². The van der Waals surface area contributed by atoms with E-state index in [0.29, 0.717) is 16.9 Å². The van der Waals surface area contributed by atoms with E-state index in [1.807, 2.05) is 54.6 Å². The number of pyridine rings is 1. The normalized spacial score (nSPS) is 13.5. The largest absolute Gasteiger partial charge is 0.455 e. The molecule has 10 aromatic rings. The van der Waals surface area contributed by atoms with Gasteiger partial charge in [0.1, 0.15) is 11.5 Å². The van der Waals surface area contributed by atoms with Gasteiger partial charge < -0.3 is 4.42 Å². The fourth-order valence-electron chi connectivity index (χ4n) is 8.42. The molecule has 308 valence electrons. The second kappa shape index (κ2) is 18.0. The molecule has 0 aliphatic rings. The molecule has 0 atom stereocenters. The fourth-order valence-corrected chi connectivity index (χ4v) is 8.42. The van der Waals surface area contributed by atoms with Crippen LogP contribution in [0, 0.1) is 0 Å². The van der Waals surface area contributed by atoms with E-state index in [1.165, 1.54) is 0 Å². The van der Waals surface area contributed by atoms with Crippen LogP contribution in [0.4, 0.5) is 5.69 Å². The second-order valence-electron chi connectivity index (χ2n) is 15.4. The van der Waals surface area contributed by atoms with Gasteiger partial charge in [-0.15, -0.1) is 0 Å². The lowest BCUT2D eigenvalue weighted by molar-refractivity contribution is 0.574. The first kappa shape index (κ1) is 33.0. The van der Waals surface area contributed by atoms with Crippen molar-refractivity contribution in [3.05, 3.63) is 248 Å². The Morgan fingerprint density at radius 3 is 1.88 bits per heavy atom. The van der Waals surface area contributed by atoms with Crippen LogP contribution in [-0.2, 0) is 0 Å². The smallest absolute Gasteiger partial charge is 0.143 e. The van der Waals surface area contributed by atoms with Crippen LogP contribution in [0.3, 0.4) is 0 Å². The third kappa shape index (κ3) is 7.88. The average molecular weight is 840 g/mol. The topological polar surface area (TPSA) is 38.4 Å². The van der Waals surface area contributed by atoms with Gasteiger partial charge in [0.25, 0.3) is 0 Å². The van der Waals surface area contributed by atoms with Crippen LogP contribution in [0.15, 0.2) is 241 Å². The van der Waals surface area contributed by atoms with E-state index in [0.717, 1.165) is 84.7 Å². The molecule has 10 rings (SSSR count). The maximum atomic E-state index is 9.04. The van der Waals surface area contributed by atoms with Gasteiger partial charge >= 0.3 is 0 Å². The van der Waals surface area contributed by atoms with Crippen LogP contribution in [0.25, 0.3) is 106 Å². The first-order chi connectivity index (χ1) is 35.2. The van der Waals surface area contributed by atoms with E-state index in [1.54, 1.807) is 18.2 Å². The van der Waals surface area contributed by atoms with Gasteiger partial charge in [-0.1, -0.05) is 231 Å². The van der Waals surface area contributed by atoms with Crippen LogP contribution in [0.5, 0.6) is 0 Å². The molecule has 0 fully saturated rings. The third-order valence-corrected chi connectivity index (χ3v) is 11.5. The molecular weight excluding hydrogens is 789 g/mol. The lowest BCUT2D eigenvalue weighted by atomic mass is 9.87.